The summed E-state index contributed by atoms with van der Waals surface area (Å²) in [4.78, 5) is 0. The minimum Gasteiger partial charge on any atom is -0.453 e. The van der Waals surface area contributed by atoms with Crippen LogP contribution in [0.1, 0.15) is 52.2 Å². The molecule has 3 heteroatoms. The number of nitrogens with one attached hydrogen (secondary N) is 1. The normalized spacial score (nSPS) is 13.2. The monoisotopic (exact) mass is 320 g/mol. The van der Waals surface area contributed by atoms with Crippen molar-refractivity contribution in [2.45, 2.75) is 46.5 Å². The van der Waals surface area contributed by atoms with Gasteiger partial charge in [0, 0.05) is 6.07 Å². The molecule has 1 aliphatic rings. The Bertz CT molecular complexity index is 823. The molecule has 0 unspecified atom stereocenters. The van der Waals surface area contributed by atoms with Crippen LogP contribution in [0.2, 0.25) is 0 Å². The second-order valence-electron chi connectivity index (χ2n) is 8.38. The van der Waals surface area contributed by atoms with Crippen LogP contribution in [0, 0.1) is 16.7 Å². The van der Waals surface area contributed by atoms with Crippen LogP contribution < -0.4 is 10.1 Å². The van der Waals surface area contributed by atoms with E-state index in [9.17, 15) is 0 Å². The lowest BCUT2D eigenvalue weighted by atomic mass is 9.72. The summed E-state index contributed by atoms with van der Waals surface area (Å²) in [6.45, 7) is 11.4. The first-order chi connectivity index (χ1) is 11.2. The fourth-order valence-electron chi connectivity index (χ4n) is 3.61. The van der Waals surface area contributed by atoms with Gasteiger partial charge in [0.1, 0.15) is 0 Å². The van der Waals surface area contributed by atoms with Crippen molar-refractivity contribution >= 4 is 11.4 Å². The van der Waals surface area contributed by atoms with E-state index in [-0.39, 0.29) is 10.8 Å². The van der Waals surface area contributed by atoms with Crippen LogP contribution in [0.4, 0.5) is 11.4 Å². The first-order valence-corrected chi connectivity index (χ1v) is 8.32. The van der Waals surface area contributed by atoms with E-state index in [0.717, 1.165) is 23.5 Å². The second kappa shape index (κ2) is 5.56. The second-order valence-corrected chi connectivity index (χ2v) is 8.38. The number of fused-ring (bicyclic) bond motifs is 2. The Kier molecular flexibility index (Phi) is 3.80. The van der Waals surface area contributed by atoms with E-state index in [1.165, 1.54) is 5.56 Å². The lowest BCUT2D eigenvalue weighted by Gasteiger charge is -2.34. The summed E-state index contributed by atoms with van der Waals surface area (Å²) in [5.74, 6) is 1.50. The van der Waals surface area contributed by atoms with Gasteiger partial charge in [-0.15, -0.1) is 0 Å². The summed E-state index contributed by atoms with van der Waals surface area (Å²) < 4.78 is 5.97. The summed E-state index contributed by atoms with van der Waals surface area (Å²) in [6.07, 6.45) is 1.10. The van der Waals surface area contributed by atoms with Crippen molar-refractivity contribution in [1.82, 2.24) is 0 Å². The average molecular weight is 320 g/mol. The van der Waals surface area contributed by atoms with Gasteiger partial charge in [-0.05, 0) is 47.1 Å². The lowest BCUT2D eigenvalue weighted by Crippen LogP contribution is -2.25. The smallest absolute Gasteiger partial charge is 0.152 e. The minimum atomic E-state index is 0.0832. The van der Waals surface area contributed by atoms with Gasteiger partial charge >= 0.3 is 0 Å². The van der Waals surface area contributed by atoms with Gasteiger partial charge in [-0.25, -0.2) is 0 Å². The van der Waals surface area contributed by atoms with Crippen LogP contribution in [-0.4, -0.2) is 0 Å². The zero-order valence-corrected chi connectivity index (χ0v) is 15.0. The van der Waals surface area contributed by atoms with E-state index >= 15 is 0 Å². The third-order valence-electron chi connectivity index (χ3n) is 4.33. The van der Waals surface area contributed by atoms with Crippen LogP contribution in [0.5, 0.6) is 11.5 Å². The molecule has 0 aliphatic carbocycles. The van der Waals surface area contributed by atoms with E-state index in [1.54, 1.807) is 12.1 Å². The van der Waals surface area contributed by atoms with Crippen LogP contribution >= 0.6 is 0 Å². The fraction of sp³-hybridized carbons (Fsp3) is 0.381. The number of hydrogen-bond donors (Lipinski definition) is 1. The molecule has 3 nitrogen and oxygen atoms in total. The quantitative estimate of drug-likeness (QED) is 0.618. The molecule has 0 bridgehead atoms. The Labute approximate surface area is 144 Å². The highest BCUT2D eigenvalue weighted by Gasteiger charge is 2.28. The van der Waals surface area contributed by atoms with Gasteiger partial charge in [0.15, 0.2) is 11.5 Å². The summed E-state index contributed by atoms with van der Waals surface area (Å²) in [6, 6.07) is 13.9. The molecule has 0 spiro atoms. The molecule has 2 aromatic carbocycles. The van der Waals surface area contributed by atoms with Gasteiger partial charge in [-0.2, -0.15) is 5.26 Å². The van der Waals surface area contributed by atoms with E-state index in [1.807, 2.05) is 12.1 Å². The molecule has 24 heavy (non-hydrogen) atoms. The number of anilines is 2. The number of rotatable bonds is 2. The molecular weight excluding hydrogens is 296 g/mol. The van der Waals surface area contributed by atoms with Crippen LogP contribution in [0.3, 0.4) is 0 Å². The summed E-state index contributed by atoms with van der Waals surface area (Å²) in [5, 5.41) is 12.5. The van der Waals surface area contributed by atoms with E-state index in [0.29, 0.717) is 11.3 Å². The third-order valence-corrected chi connectivity index (χ3v) is 4.33. The van der Waals surface area contributed by atoms with Crippen molar-refractivity contribution in [3.63, 3.8) is 0 Å². The first-order valence-electron chi connectivity index (χ1n) is 8.32. The topological polar surface area (TPSA) is 45.0 Å². The van der Waals surface area contributed by atoms with Crippen molar-refractivity contribution in [3.05, 3.63) is 47.5 Å². The van der Waals surface area contributed by atoms with Crippen molar-refractivity contribution < 1.29 is 4.74 Å². The van der Waals surface area contributed by atoms with E-state index in [4.69, 9.17) is 10.00 Å². The van der Waals surface area contributed by atoms with Gasteiger partial charge in [0.05, 0.1) is 23.0 Å². The molecule has 0 aromatic heterocycles. The highest BCUT2D eigenvalue weighted by atomic mass is 16.5. The maximum absolute atomic E-state index is 9.03. The molecule has 0 saturated heterocycles. The van der Waals surface area contributed by atoms with Crippen molar-refractivity contribution in [3.8, 4) is 17.6 Å². The maximum Gasteiger partial charge on any atom is 0.152 e. The van der Waals surface area contributed by atoms with Gasteiger partial charge in [0.2, 0.25) is 0 Å². The Hall–Kier alpha value is -2.47. The van der Waals surface area contributed by atoms with Crippen molar-refractivity contribution in [2.75, 3.05) is 5.32 Å². The molecule has 0 atom stereocenters. The number of benzene rings is 2. The number of nitriles is 1. The average Bonchev–Trinajstić information content (AvgIpc) is 2.49. The fourth-order valence-corrected chi connectivity index (χ4v) is 3.61. The standard InChI is InChI=1S/C21H24N2O/c1-20(2,3)13-21(4,5)15-7-9-18-17(11-15)23-16-8-6-14(12-22)10-19(16)24-18/h6-11,23H,13H2,1-5H3. The van der Waals surface area contributed by atoms with Gasteiger partial charge in [-0.1, -0.05) is 40.7 Å². The largest absolute Gasteiger partial charge is 0.453 e. The Balaban J connectivity index is 1.93. The van der Waals surface area contributed by atoms with E-state index < -0.39 is 0 Å². The van der Waals surface area contributed by atoms with Gasteiger partial charge < -0.3 is 10.1 Å². The Morgan fingerprint density at radius 2 is 1.71 bits per heavy atom. The maximum atomic E-state index is 9.03. The first kappa shape index (κ1) is 16.4. The molecular formula is C21H24N2O. The molecule has 0 fully saturated rings. The van der Waals surface area contributed by atoms with Crippen LogP contribution in [0.25, 0.3) is 0 Å². The molecule has 1 aliphatic heterocycles. The summed E-state index contributed by atoms with van der Waals surface area (Å²) >= 11 is 0. The van der Waals surface area contributed by atoms with Crippen LogP contribution in [0.15, 0.2) is 36.4 Å². The SMILES string of the molecule is CC(C)(C)CC(C)(C)c1ccc2c(c1)Nc1ccc(C#N)cc1O2. The third kappa shape index (κ3) is 3.23. The minimum absolute atomic E-state index is 0.0832. The predicted molar refractivity (Wildman–Crippen MR) is 98.1 cm³/mol. The van der Waals surface area contributed by atoms with Gasteiger partial charge in [-0.3, -0.25) is 0 Å². The molecule has 0 saturated carbocycles. The number of hydrogen-bond acceptors (Lipinski definition) is 3. The Morgan fingerprint density at radius 1 is 0.958 bits per heavy atom. The number of ether oxygens (including phenoxy) is 1. The lowest BCUT2D eigenvalue weighted by molar-refractivity contribution is 0.284. The molecule has 1 heterocycles. The van der Waals surface area contributed by atoms with Crippen LogP contribution in [-0.2, 0) is 5.41 Å². The molecule has 0 amide bonds. The molecule has 3 rings (SSSR count). The predicted octanol–water partition coefficient (Wildman–Crippen LogP) is 6.12. The highest BCUT2D eigenvalue weighted by Crippen LogP contribution is 2.45. The highest BCUT2D eigenvalue weighted by molar-refractivity contribution is 5.76. The number of nitrogens with zero attached hydrogens (tertiary/aromatic N) is 1. The van der Waals surface area contributed by atoms with Crippen molar-refractivity contribution in [2.24, 2.45) is 5.41 Å². The van der Waals surface area contributed by atoms with Gasteiger partial charge in [0.25, 0.3) is 0 Å². The molecule has 124 valence electrons. The molecule has 1 N–H and O–H groups in total. The summed E-state index contributed by atoms with van der Waals surface area (Å²) in [7, 11) is 0. The zero-order valence-electron chi connectivity index (χ0n) is 15.0. The van der Waals surface area contributed by atoms with E-state index in [2.05, 4.69) is 58.1 Å². The summed E-state index contributed by atoms with van der Waals surface area (Å²) in [5.41, 5.74) is 4.12. The zero-order chi connectivity index (χ0) is 17.5. The molecule has 2 aromatic rings. The molecule has 0 radical (unpaired) electrons. The Morgan fingerprint density at radius 3 is 2.38 bits per heavy atom. The van der Waals surface area contributed by atoms with Crippen molar-refractivity contribution in [1.29, 1.82) is 5.26 Å².